The second-order valence-electron chi connectivity index (χ2n) is 10.9. The van der Waals surface area contributed by atoms with Crippen LogP contribution in [0.4, 0.5) is 18.9 Å². The number of rotatable bonds is 6. The molecule has 1 N–H and O–H groups in total. The van der Waals surface area contributed by atoms with Gasteiger partial charge < -0.3 is 19.8 Å². The summed E-state index contributed by atoms with van der Waals surface area (Å²) in [5.41, 5.74) is -2.30. The third kappa shape index (κ3) is 6.43. The van der Waals surface area contributed by atoms with E-state index in [1.54, 1.807) is 25.1 Å². The van der Waals surface area contributed by atoms with Crippen LogP contribution >= 0.6 is 15.9 Å². The van der Waals surface area contributed by atoms with E-state index in [1.165, 1.54) is 6.07 Å². The molecule has 0 aromatic heterocycles. The van der Waals surface area contributed by atoms with Crippen molar-refractivity contribution in [3.05, 3.63) is 64.1 Å². The van der Waals surface area contributed by atoms with E-state index < -0.39 is 23.2 Å². The van der Waals surface area contributed by atoms with E-state index in [-0.39, 0.29) is 19.0 Å². The first-order chi connectivity index (χ1) is 18.4. The fraction of sp³-hybridized carbons (Fsp3) is 0.517. The van der Waals surface area contributed by atoms with Crippen LogP contribution in [-0.4, -0.2) is 73.2 Å². The highest BCUT2D eigenvalue weighted by molar-refractivity contribution is 9.10. The molecular formula is C29H35BrF3N3O3. The number of carbonyl (C=O) groups is 2. The van der Waals surface area contributed by atoms with Crippen molar-refractivity contribution in [2.24, 2.45) is 11.8 Å². The molecule has 2 aliphatic heterocycles. The minimum Gasteiger partial charge on any atom is -0.372 e. The lowest BCUT2D eigenvalue weighted by molar-refractivity contribution is -0.262. The van der Waals surface area contributed by atoms with Crippen LogP contribution < -0.4 is 4.90 Å². The number of carbonyl (C=O) groups excluding carboxylic acids is 2. The number of nitrogens with zero attached hydrogens (tertiary/aromatic N) is 3. The molecule has 0 spiro atoms. The van der Waals surface area contributed by atoms with E-state index >= 15 is 0 Å². The van der Waals surface area contributed by atoms with E-state index in [1.807, 2.05) is 24.3 Å². The van der Waals surface area contributed by atoms with E-state index in [9.17, 15) is 27.9 Å². The van der Waals surface area contributed by atoms with Crippen molar-refractivity contribution in [1.82, 2.24) is 9.80 Å². The predicted molar refractivity (Wildman–Crippen MR) is 147 cm³/mol. The molecule has 0 radical (unpaired) electrons. The molecule has 0 unspecified atom stereocenters. The normalized spacial score (nSPS) is 19.1. The first-order valence-corrected chi connectivity index (χ1v) is 14.1. The second-order valence-corrected chi connectivity index (χ2v) is 11.8. The zero-order valence-corrected chi connectivity index (χ0v) is 23.8. The zero-order chi connectivity index (χ0) is 28.4. The highest BCUT2D eigenvalue weighted by atomic mass is 79.9. The maximum atomic E-state index is 14.0. The Morgan fingerprint density at radius 1 is 0.949 bits per heavy atom. The molecule has 2 fully saturated rings. The summed E-state index contributed by atoms with van der Waals surface area (Å²) in [5.74, 6) is -0.467. The van der Waals surface area contributed by atoms with Gasteiger partial charge in [0.15, 0.2) is 0 Å². The monoisotopic (exact) mass is 609 g/mol. The van der Waals surface area contributed by atoms with Gasteiger partial charge in [-0.05, 0) is 80.3 Å². The largest absolute Gasteiger partial charge is 0.430 e. The standard InChI is InChI=1S/C29H35BrF3N3O3/c1-34(2)26(37)22-6-8-25(9-7-22)35-14-10-20(11-15-35)18-21-12-16-36(17-13-21)27(38)28(39,29(31,32)33)23-4-3-5-24(30)19-23/h3-9,19-21,39H,10-18H2,1-2H3/t28-/m1/s1. The molecule has 6 nitrogen and oxygen atoms in total. The van der Waals surface area contributed by atoms with Crippen molar-refractivity contribution >= 4 is 33.4 Å². The van der Waals surface area contributed by atoms with Gasteiger partial charge in [0.05, 0.1) is 0 Å². The molecule has 10 heteroatoms. The van der Waals surface area contributed by atoms with Crippen LogP contribution in [0.2, 0.25) is 0 Å². The summed E-state index contributed by atoms with van der Waals surface area (Å²) in [6, 6.07) is 12.9. The van der Waals surface area contributed by atoms with Crippen LogP contribution in [-0.2, 0) is 10.4 Å². The predicted octanol–water partition coefficient (Wildman–Crippen LogP) is 5.45. The smallest absolute Gasteiger partial charge is 0.372 e. The molecule has 2 aliphatic rings. The lowest BCUT2D eigenvalue weighted by atomic mass is 9.82. The molecule has 0 aliphatic carbocycles. The number of amides is 2. The van der Waals surface area contributed by atoms with Gasteiger partial charge in [-0.1, -0.05) is 28.1 Å². The third-order valence-electron chi connectivity index (χ3n) is 8.03. The number of piperidine rings is 2. The summed E-state index contributed by atoms with van der Waals surface area (Å²) in [6.07, 6.45) is -0.860. The molecule has 2 aromatic carbocycles. The fourth-order valence-corrected chi connectivity index (χ4v) is 6.09. The second kappa shape index (κ2) is 11.9. The lowest BCUT2D eigenvalue weighted by Gasteiger charge is -2.40. The lowest BCUT2D eigenvalue weighted by Crippen LogP contribution is -2.57. The molecule has 2 amide bonds. The minimum atomic E-state index is -5.14. The molecule has 4 rings (SSSR count). The number of halogens is 4. The number of likely N-dealkylation sites (tertiary alicyclic amines) is 1. The highest BCUT2D eigenvalue weighted by Gasteiger charge is 2.62. The molecule has 0 bridgehead atoms. The molecule has 0 saturated carbocycles. The van der Waals surface area contributed by atoms with Gasteiger partial charge in [0.25, 0.3) is 17.4 Å². The zero-order valence-electron chi connectivity index (χ0n) is 22.3. The Bertz CT molecular complexity index is 1160. The minimum absolute atomic E-state index is 0.0239. The van der Waals surface area contributed by atoms with Crippen LogP contribution in [0, 0.1) is 11.8 Å². The average Bonchev–Trinajstić information content (AvgIpc) is 2.92. The topological polar surface area (TPSA) is 64.1 Å². The summed E-state index contributed by atoms with van der Waals surface area (Å²) < 4.78 is 42.4. The van der Waals surface area contributed by atoms with Gasteiger partial charge in [0, 0.05) is 61.6 Å². The van der Waals surface area contributed by atoms with Crippen molar-refractivity contribution in [2.45, 2.75) is 43.9 Å². The van der Waals surface area contributed by atoms with Gasteiger partial charge in [-0.15, -0.1) is 0 Å². The van der Waals surface area contributed by atoms with Gasteiger partial charge in [-0.25, -0.2) is 0 Å². The Labute approximate surface area is 235 Å². The average molecular weight is 611 g/mol. The van der Waals surface area contributed by atoms with E-state index in [2.05, 4.69) is 20.8 Å². The van der Waals surface area contributed by atoms with E-state index in [0.717, 1.165) is 55.1 Å². The number of aliphatic hydroxyl groups is 1. The molecule has 39 heavy (non-hydrogen) atoms. The van der Waals surface area contributed by atoms with Crippen molar-refractivity contribution < 1.29 is 27.9 Å². The van der Waals surface area contributed by atoms with Crippen LogP contribution in [0.25, 0.3) is 0 Å². The van der Waals surface area contributed by atoms with Crippen molar-refractivity contribution in [3.63, 3.8) is 0 Å². The van der Waals surface area contributed by atoms with Crippen LogP contribution in [0.15, 0.2) is 53.0 Å². The quantitative estimate of drug-likeness (QED) is 0.473. The number of hydrogen-bond donors (Lipinski definition) is 1. The molecule has 2 aromatic rings. The van der Waals surface area contributed by atoms with Crippen LogP contribution in [0.1, 0.15) is 48.0 Å². The summed E-state index contributed by atoms with van der Waals surface area (Å²) in [7, 11) is 3.46. The Hall–Kier alpha value is -2.59. The number of alkyl halides is 3. The summed E-state index contributed by atoms with van der Waals surface area (Å²) in [4.78, 5) is 30.2. The number of anilines is 1. The van der Waals surface area contributed by atoms with Gasteiger partial charge in [0.2, 0.25) is 0 Å². The SMILES string of the molecule is CN(C)C(=O)c1ccc(N2CCC(CC3CCN(C(=O)[C@](O)(c4cccc(Br)c4)C(F)(F)F)CC3)CC2)cc1. The van der Waals surface area contributed by atoms with Crippen LogP contribution in [0.5, 0.6) is 0 Å². The molecule has 2 heterocycles. The van der Waals surface area contributed by atoms with Crippen molar-refractivity contribution in [1.29, 1.82) is 0 Å². The maximum Gasteiger partial charge on any atom is 0.430 e. The van der Waals surface area contributed by atoms with Crippen molar-refractivity contribution in [2.75, 3.05) is 45.2 Å². The summed E-state index contributed by atoms with van der Waals surface area (Å²) in [6.45, 7) is 2.22. The molecule has 212 valence electrons. The Balaban J connectivity index is 1.29. The first-order valence-electron chi connectivity index (χ1n) is 13.3. The first kappa shape index (κ1) is 29.4. The Kier molecular flexibility index (Phi) is 8.95. The van der Waals surface area contributed by atoms with Gasteiger partial charge in [0.1, 0.15) is 0 Å². The van der Waals surface area contributed by atoms with E-state index in [4.69, 9.17) is 0 Å². The Morgan fingerprint density at radius 2 is 1.51 bits per heavy atom. The van der Waals surface area contributed by atoms with Crippen molar-refractivity contribution in [3.8, 4) is 0 Å². The van der Waals surface area contributed by atoms with Gasteiger partial charge >= 0.3 is 6.18 Å². The van der Waals surface area contributed by atoms with E-state index in [0.29, 0.717) is 34.7 Å². The number of benzene rings is 2. The fourth-order valence-electron chi connectivity index (χ4n) is 5.69. The molecule has 1 atom stereocenters. The Morgan fingerprint density at radius 3 is 2.03 bits per heavy atom. The summed E-state index contributed by atoms with van der Waals surface area (Å²) >= 11 is 3.13. The number of hydrogen-bond acceptors (Lipinski definition) is 4. The third-order valence-corrected chi connectivity index (χ3v) is 8.52. The maximum absolute atomic E-state index is 14.0. The van der Waals surface area contributed by atoms with Gasteiger partial charge in [-0.3, -0.25) is 9.59 Å². The van der Waals surface area contributed by atoms with Crippen LogP contribution in [0.3, 0.4) is 0 Å². The van der Waals surface area contributed by atoms with Gasteiger partial charge in [-0.2, -0.15) is 13.2 Å². The molecular weight excluding hydrogens is 575 g/mol. The highest BCUT2D eigenvalue weighted by Crippen LogP contribution is 2.42. The summed E-state index contributed by atoms with van der Waals surface area (Å²) in [5, 5.41) is 10.7. The molecule has 2 saturated heterocycles.